The van der Waals surface area contributed by atoms with Gasteiger partial charge >= 0.3 is 0 Å². The number of carbonyl (C=O) groups is 1. The zero-order valence-corrected chi connectivity index (χ0v) is 21.3. The number of hydrogen-bond acceptors (Lipinski definition) is 8. The van der Waals surface area contributed by atoms with Crippen molar-refractivity contribution in [1.82, 2.24) is 14.9 Å². The number of nitrogens with one attached hydrogen (secondary N) is 1. The van der Waals surface area contributed by atoms with Crippen LogP contribution < -0.4 is 10.1 Å². The number of nitrogens with zero attached hydrogens (tertiary/aromatic N) is 3. The van der Waals surface area contributed by atoms with Gasteiger partial charge in [0.1, 0.15) is 28.5 Å². The molecular weight excluding hydrogens is 467 g/mol. The van der Waals surface area contributed by atoms with Gasteiger partial charge < -0.3 is 20.1 Å². The van der Waals surface area contributed by atoms with Crippen molar-refractivity contribution in [2.24, 2.45) is 0 Å². The fourth-order valence-corrected chi connectivity index (χ4v) is 5.54. The van der Waals surface area contributed by atoms with Crippen molar-refractivity contribution in [1.29, 1.82) is 0 Å². The Morgan fingerprint density at radius 3 is 2.74 bits per heavy atom. The van der Waals surface area contributed by atoms with E-state index in [2.05, 4.69) is 20.2 Å². The summed E-state index contributed by atoms with van der Waals surface area (Å²) in [5.41, 5.74) is 1.45. The van der Waals surface area contributed by atoms with E-state index in [1.165, 1.54) is 29.8 Å². The summed E-state index contributed by atoms with van der Waals surface area (Å²) in [5, 5.41) is 13.9. The van der Waals surface area contributed by atoms with E-state index in [1.807, 2.05) is 21.0 Å². The Bertz CT molecular complexity index is 1170. The van der Waals surface area contributed by atoms with Crippen molar-refractivity contribution in [3.05, 3.63) is 40.8 Å². The predicted octanol–water partition coefficient (Wildman–Crippen LogP) is 5.48. The number of Topliss-reactive ketones (excluding diaryl/α,β-unsaturated/α-hetero) is 1. The Morgan fingerprint density at radius 2 is 2.00 bits per heavy atom. The van der Waals surface area contributed by atoms with Crippen LogP contribution in [-0.4, -0.2) is 58.6 Å². The molecule has 1 aromatic carbocycles. The van der Waals surface area contributed by atoms with E-state index in [0.717, 1.165) is 48.0 Å². The molecule has 9 heteroatoms. The Morgan fingerprint density at radius 1 is 1.23 bits per heavy atom. The molecule has 188 valence electrons. The molecule has 0 spiro atoms. The monoisotopic (exact) mass is 500 g/mol. The van der Waals surface area contributed by atoms with Crippen molar-refractivity contribution in [3.8, 4) is 5.75 Å². The second-order valence-corrected chi connectivity index (χ2v) is 10.5. The number of aliphatic hydroxyl groups is 1. The summed E-state index contributed by atoms with van der Waals surface area (Å²) in [6.07, 6.45) is 6.22. The van der Waals surface area contributed by atoms with E-state index in [9.17, 15) is 14.3 Å². The maximum absolute atomic E-state index is 14.1. The highest BCUT2D eigenvalue weighted by Crippen LogP contribution is 2.38. The quantitative estimate of drug-likeness (QED) is 0.282. The first kappa shape index (κ1) is 25.5. The highest BCUT2D eigenvalue weighted by atomic mass is 32.1. The summed E-state index contributed by atoms with van der Waals surface area (Å²) in [7, 11) is 4.06. The van der Waals surface area contributed by atoms with Gasteiger partial charge in [-0.1, -0.05) is 0 Å². The number of ether oxygens (including phenoxy) is 1. The van der Waals surface area contributed by atoms with Gasteiger partial charge in [0.15, 0.2) is 5.78 Å². The number of anilines is 2. The van der Waals surface area contributed by atoms with Crippen LogP contribution in [0, 0.1) is 12.7 Å². The molecule has 0 radical (unpaired) electrons. The molecule has 2 N–H and O–H groups in total. The molecule has 0 atom stereocenters. The number of hydrogen-bond donors (Lipinski definition) is 2. The van der Waals surface area contributed by atoms with Crippen LogP contribution in [-0.2, 0) is 0 Å². The molecule has 1 saturated carbocycles. The number of ketones is 1. The number of thiophene rings is 1. The number of aliphatic hydroxyl groups excluding tert-OH is 1. The van der Waals surface area contributed by atoms with E-state index < -0.39 is 0 Å². The molecule has 0 aliphatic heterocycles. The van der Waals surface area contributed by atoms with Gasteiger partial charge in [0, 0.05) is 12.5 Å². The minimum absolute atomic E-state index is 0.0780. The number of aryl methyl sites for hydroxylation is 1. The summed E-state index contributed by atoms with van der Waals surface area (Å²) in [6, 6.07) is 4.38. The lowest BCUT2D eigenvalue weighted by atomic mass is 9.95. The first-order valence-electron chi connectivity index (χ1n) is 12.1. The molecule has 35 heavy (non-hydrogen) atoms. The van der Waals surface area contributed by atoms with E-state index in [1.54, 1.807) is 6.07 Å². The average Bonchev–Trinajstić information content (AvgIpc) is 3.17. The first-order valence-corrected chi connectivity index (χ1v) is 13.0. The van der Waals surface area contributed by atoms with Crippen LogP contribution in [0.3, 0.4) is 0 Å². The van der Waals surface area contributed by atoms with Crippen LogP contribution in [0.5, 0.6) is 5.75 Å². The Kier molecular flexibility index (Phi) is 8.30. The highest BCUT2D eigenvalue weighted by Gasteiger charge is 2.23. The normalized spacial score (nSPS) is 18.2. The molecule has 3 aromatic rings. The largest absolute Gasteiger partial charge is 0.488 e. The van der Waals surface area contributed by atoms with Crippen molar-refractivity contribution in [3.63, 3.8) is 0 Å². The number of benzene rings is 1. The van der Waals surface area contributed by atoms with Crippen LogP contribution in [0.2, 0.25) is 0 Å². The molecule has 2 heterocycles. The molecule has 0 saturated heterocycles. The Hall–Kier alpha value is -2.62. The Balaban J connectivity index is 1.55. The molecule has 2 aromatic heterocycles. The third-order valence-corrected chi connectivity index (χ3v) is 7.61. The molecular formula is C26H33FN4O3S. The molecule has 0 amide bonds. The third kappa shape index (κ3) is 6.34. The van der Waals surface area contributed by atoms with Crippen LogP contribution in [0.15, 0.2) is 24.5 Å². The van der Waals surface area contributed by atoms with Crippen LogP contribution in [0.25, 0.3) is 10.2 Å². The molecule has 0 bridgehead atoms. The van der Waals surface area contributed by atoms with Gasteiger partial charge in [-0.25, -0.2) is 14.4 Å². The molecule has 1 aliphatic rings. The summed E-state index contributed by atoms with van der Waals surface area (Å²) < 4.78 is 20.2. The van der Waals surface area contributed by atoms with Gasteiger partial charge in [0.25, 0.3) is 0 Å². The van der Waals surface area contributed by atoms with Crippen LogP contribution in [0.1, 0.15) is 60.2 Å². The van der Waals surface area contributed by atoms with E-state index in [-0.39, 0.29) is 23.8 Å². The second kappa shape index (κ2) is 11.4. The van der Waals surface area contributed by atoms with Crippen molar-refractivity contribution < 1.29 is 19.0 Å². The van der Waals surface area contributed by atoms with Gasteiger partial charge in [0.05, 0.1) is 28.2 Å². The van der Waals surface area contributed by atoms with E-state index >= 15 is 0 Å². The van der Waals surface area contributed by atoms with Gasteiger partial charge in [-0.05, 0) is 83.8 Å². The molecule has 1 aliphatic carbocycles. The van der Waals surface area contributed by atoms with Crippen LogP contribution in [0.4, 0.5) is 15.9 Å². The van der Waals surface area contributed by atoms with Gasteiger partial charge in [0.2, 0.25) is 0 Å². The zero-order valence-electron chi connectivity index (χ0n) is 20.5. The summed E-state index contributed by atoms with van der Waals surface area (Å²) in [5.74, 6) is 0.706. The lowest BCUT2D eigenvalue weighted by Crippen LogP contribution is -2.26. The maximum Gasteiger partial charge on any atom is 0.173 e. The number of rotatable bonds is 10. The number of carbonyl (C=O) groups excluding carboxylic acids is 1. The topological polar surface area (TPSA) is 87.6 Å². The van der Waals surface area contributed by atoms with Gasteiger partial charge in [-0.3, -0.25) is 4.79 Å². The first-order chi connectivity index (χ1) is 16.8. The lowest BCUT2D eigenvalue weighted by Gasteiger charge is -2.27. The molecule has 0 unspecified atom stereocenters. The second-order valence-electron chi connectivity index (χ2n) is 9.46. The number of aromatic nitrogens is 2. The molecule has 1 fully saturated rings. The number of unbranched alkanes of at least 4 members (excludes halogenated alkanes) is 1. The maximum atomic E-state index is 14.1. The van der Waals surface area contributed by atoms with Crippen LogP contribution >= 0.6 is 11.3 Å². The summed E-state index contributed by atoms with van der Waals surface area (Å²) >= 11 is 1.39. The molecule has 4 rings (SSSR count). The minimum Gasteiger partial charge on any atom is -0.488 e. The lowest BCUT2D eigenvalue weighted by molar-refractivity contribution is 0.0668. The predicted molar refractivity (Wildman–Crippen MR) is 137 cm³/mol. The number of fused-ring (bicyclic) bond motifs is 1. The number of halogens is 1. The smallest absolute Gasteiger partial charge is 0.173 e. The van der Waals surface area contributed by atoms with Crippen molar-refractivity contribution in [2.75, 3.05) is 26.0 Å². The van der Waals surface area contributed by atoms with E-state index in [4.69, 9.17) is 4.74 Å². The van der Waals surface area contributed by atoms with E-state index in [0.29, 0.717) is 41.4 Å². The minimum atomic E-state index is -0.386. The van der Waals surface area contributed by atoms with Gasteiger partial charge in [-0.15, -0.1) is 11.3 Å². The standard InChI is InChI=1S/C26H33FN4O3S/c1-16-23-25(28-15-29-26(23)35-24(16)21(33)6-4-5-13-31(2)3)30-20-12-7-17(27)14-22(20)34-19-10-8-18(32)9-11-19/h7,12,14-15,18-19,32H,4-6,8-11,13H2,1-3H3,(H,28,29,30). The van der Waals surface area contributed by atoms with Crippen molar-refractivity contribution >= 4 is 38.8 Å². The van der Waals surface area contributed by atoms with Crippen molar-refractivity contribution in [2.45, 2.75) is 64.1 Å². The average molecular weight is 501 g/mol. The summed E-state index contributed by atoms with van der Waals surface area (Å²) in [6.45, 7) is 2.89. The Labute approximate surface area is 209 Å². The SMILES string of the molecule is Cc1c(C(=O)CCCCN(C)C)sc2ncnc(Nc3ccc(F)cc3OC3CCC(O)CC3)c12. The third-order valence-electron chi connectivity index (χ3n) is 6.37. The zero-order chi connectivity index (χ0) is 24.9. The highest BCUT2D eigenvalue weighted by molar-refractivity contribution is 7.20. The summed E-state index contributed by atoms with van der Waals surface area (Å²) in [4.78, 5) is 25.3. The van der Waals surface area contributed by atoms with Gasteiger partial charge in [-0.2, -0.15) is 0 Å². The fraction of sp³-hybridized carbons (Fsp3) is 0.500. The molecule has 7 nitrogen and oxygen atoms in total. The fourth-order valence-electron chi connectivity index (χ4n) is 4.43.